The molecule has 0 aliphatic carbocycles. The van der Waals surface area contributed by atoms with Crippen molar-refractivity contribution in [2.75, 3.05) is 13.2 Å². The molecule has 1 aromatic carbocycles. The van der Waals surface area contributed by atoms with Crippen molar-refractivity contribution in [3.05, 3.63) is 40.8 Å². The summed E-state index contributed by atoms with van der Waals surface area (Å²) >= 11 is 0. The van der Waals surface area contributed by atoms with Gasteiger partial charge in [0, 0.05) is 11.5 Å². The smallest absolute Gasteiger partial charge is 0.119 e. The first-order valence-electron chi connectivity index (χ1n) is 5.62. The minimum absolute atomic E-state index is 0.607. The molecule has 0 bridgehead atoms. The second-order valence-electron chi connectivity index (χ2n) is 3.53. The number of azide groups is 1. The molecule has 0 atom stereocenters. The highest BCUT2D eigenvalue weighted by Crippen LogP contribution is 2.09. The van der Waals surface area contributed by atoms with Gasteiger partial charge < -0.3 is 4.74 Å². The maximum atomic E-state index is 8.07. The average Bonchev–Trinajstić information content (AvgIpc) is 2.34. The number of hydrogen-bond donors (Lipinski definition) is 0. The van der Waals surface area contributed by atoms with E-state index in [1.165, 1.54) is 0 Å². The van der Waals surface area contributed by atoms with Gasteiger partial charge in [-0.15, -0.1) is 0 Å². The fraction of sp³-hybridized carbons (Fsp3) is 0.500. The molecule has 0 amide bonds. The van der Waals surface area contributed by atoms with Gasteiger partial charge in [0.15, 0.2) is 0 Å². The van der Waals surface area contributed by atoms with Gasteiger partial charge in [0.25, 0.3) is 0 Å². The Labute approximate surface area is 95.9 Å². The van der Waals surface area contributed by atoms with Crippen LogP contribution in [0.25, 0.3) is 10.4 Å². The van der Waals surface area contributed by atoms with Crippen molar-refractivity contribution in [3.8, 4) is 5.75 Å². The Bertz CT molecular complexity index is 320. The number of ether oxygens (including phenoxy) is 1. The summed E-state index contributed by atoms with van der Waals surface area (Å²) in [4.78, 5) is 2.71. The molecule has 0 aliphatic rings. The molecule has 0 unspecified atom stereocenters. The van der Waals surface area contributed by atoms with Crippen LogP contribution in [0.4, 0.5) is 0 Å². The van der Waals surface area contributed by atoms with Gasteiger partial charge in [-0.2, -0.15) is 0 Å². The normalized spacial score (nSPS) is 9.50. The zero-order chi connectivity index (χ0) is 11.5. The number of benzene rings is 1. The Morgan fingerprint density at radius 3 is 2.56 bits per heavy atom. The summed E-state index contributed by atoms with van der Waals surface area (Å²) in [6.07, 6.45) is 4.23. The second kappa shape index (κ2) is 8.62. The molecule has 0 saturated heterocycles. The first kappa shape index (κ1) is 12.4. The summed E-state index contributed by atoms with van der Waals surface area (Å²) in [7, 11) is 0. The fourth-order valence-corrected chi connectivity index (χ4v) is 1.39. The molecule has 4 heteroatoms. The zero-order valence-corrected chi connectivity index (χ0v) is 9.38. The lowest BCUT2D eigenvalue weighted by atomic mass is 10.2. The molecular weight excluding hydrogens is 202 g/mol. The summed E-state index contributed by atoms with van der Waals surface area (Å²) in [6, 6.07) is 9.83. The fourth-order valence-electron chi connectivity index (χ4n) is 1.39. The lowest BCUT2D eigenvalue weighted by molar-refractivity contribution is 0.305. The van der Waals surface area contributed by atoms with Crippen LogP contribution in [-0.2, 0) is 0 Å². The largest absolute Gasteiger partial charge is 0.494 e. The Morgan fingerprint density at radius 2 is 1.81 bits per heavy atom. The third-order valence-corrected chi connectivity index (χ3v) is 2.23. The first-order valence-corrected chi connectivity index (χ1v) is 5.62. The van der Waals surface area contributed by atoms with Crippen LogP contribution >= 0.6 is 0 Å². The Balaban J connectivity index is 1.94. The maximum Gasteiger partial charge on any atom is 0.119 e. The number of rotatable bonds is 8. The summed E-state index contributed by atoms with van der Waals surface area (Å²) in [5.41, 5.74) is 8.07. The van der Waals surface area contributed by atoms with E-state index >= 15 is 0 Å². The zero-order valence-electron chi connectivity index (χ0n) is 9.38. The molecule has 16 heavy (non-hydrogen) atoms. The minimum Gasteiger partial charge on any atom is -0.494 e. The molecule has 0 radical (unpaired) electrons. The van der Waals surface area contributed by atoms with Crippen molar-refractivity contribution in [2.45, 2.75) is 25.7 Å². The van der Waals surface area contributed by atoms with Crippen LogP contribution in [0.15, 0.2) is 35.4 Å². The molecular formula is C12H17N3O. The highest BCUT2D eigenvalue weighted by atomic mass is 16.5. The van der Waals surface area contributed by atoms with E-state index in [9.17, 15) is 0 Å². The topological polar surface area (TPSA) is 58.0 Å². The Hall–Kier alpha value is -1.67. The van der Waals surface area contributed by atoms with E-state index < -0.39 is 0 Å². The number of hydrogen-bond acceptors (Lipinski definition) is 2. The molecule has 0 aliphatic heterocycles. The van der Waals surface area contributed by atoms with Crippen molar-refractivity contribution in [1.82, 2.24) is 0 Å². The van der Waals surface area contributed by atoms with Crippen molar-refractivity contribution in [3.63, 3.8) is 0 Å². The monoisotopic (exact) mass is 219 g/mol. The van der Waals surface area contributed by atoms with E-state index in [1.807, 2.05) is 30.3 Å². The molecule has 86 valence electrons. The predicted molar refractivity (Wildman–Crippen MR) is 64.4 cm³/mol. The maximum absolute atomic E-state index is 8.07. The van der Waals surface area contributed by atoms with E-state index in [4.69, 9.17) is 10.3 Å². The Morgan fingerprint density at radius 1 is 1.06 bits per heavy atom. The van der Waals surface area contributed by atoms with Crippen molar-refractivity contribution < 1.29 is 4.74 Å². The number of unbranched alkanes of at least 4 members (excludes halogenated alkanes) is 3. The summed E-state index contributed by atoms with van der Waals surface area (Å²) < 4.78 is 5.55. The van der Waals surface area contributed by atoms with Crippen LogP contribution < -0.4 is 4.74 Å². The van der Waals surface area contributed by atoms with Crippen LogP contribution in [0.3, 0.4) is 0 Å². The first-order chi connectivity index (χ1) is 7.93. The minimum atomic E-state index is 0.607. The molecule has 0 aromatic heterocycles. The quantitative estimate of drug-likeness (QED) is 0.283. The van der Waals surface area contributed by atoms with Gasteiger partial charge in [-0.05, 0) is 30.5 Å². The van der Waals surface area contributed by atoms with Crippen LogP contribution in [0.1, 0.15) is 25.7 Å². The van der Waals surface area contributed by atoms with Gasteiger partial charge in [0.1, 0.15) is 5.75 Å². The van der Waals surface area contributed by atoms with Crippen LogP contribution in [0.2, 0.25) is 0 Å². The summed E-state index contributed by atoms with van der Waals surface area (Å²) in [5, 5.41) is 3.49. The summed E-state index contributed by atoms with van der Waals surface area (Å²) in [5.74, 6) is 0.927. The van der Waals surface area contributed by atoms with Gasteiger partial charge in [-0.1, -0.05) is 36.2 Å². The van der Waals surface area contributed by atoms with Gasteiger partial charge in [-0.3, -0.25) is 0 Å². The number of nitrogens with zero attached hydrogens (tertiary/aromatic N) is 3. The highest BCUT2D eigenvalue weighted by molar-refractivity contribution is 5.20. The standard InChI is InChI=1S/C12H17N3O/c13-15-14-10-6-1-2-7-11-16-12-8-4-3-5-9-12/h3-5,8-9H,1-2,6-7,10-11H2. The van der Waals surface area contributed by atoms with E-state index in [1.54, 1.807) is 0 Å². The van der Waals surface area contributed by atoms with E-state index in [0.717, 1.165) is 38.0 Å². The highest BCUT2D eigenvalue weighted by Gasteiger charge is 1.92. The SMILES string of the molecule is [N-]=[N+]=NCCCCCCOc1ccccc1. The molecule has 0 fully saturated rings. The van der Waals surface area contributed by atoms with E-state index in [-0.39, 0.29) is 0 Å². The van der Waals surface area contributed by atoms with Gasteiger partial charge in [0.2, 0.25) is 0 Å². The van der Waals surface area contributed by atoms with Crippen LogP contribution in [0.5, 0.6) is 5.75 Å². The molecule has 4 nitrogen and oxygen atoms in total. The number of para-hydroxylation sites is 1. The van der Waals surface area contributed by atoms with Crippen molar-refractivity contribution in [2.24, 2.45) is 5.11 Å². The van der Waals surface area contributed by atoms with Crippen molar-refractivity contribution in [1.29, 1.82) is 0 Å². The summed E-state index contributed by atoms with van der Waals surface area (Å²) in [6.45, 7) is 1.36. The van der Waals surface area contributed by atoms with Crippen LogP contribution in [-0.4, -0.2) is 13.2 Å². The predicted octanol–water partition coefficient (Wildman–Crippen LogP) is 3.94. The van der Waals surface area contributed by atoms with Crippen LogP contribution in [0, 0.1) is 0 Å². The molecule has 0 spiro atoms. The molecule has 0 N–H and O–H groups in total. The molecule has 0 saturated carbocycles. The third kappa shape index (κ3) is 5.94. The van der Waals surface area contributed by atoms with Crippen molar-refractivity contribution >= 4 is 0 Å². The lowest BCUT2D eigenvalue weighted by Gasteiger charge is -2.04. The molecule has 0 heterocycles. The van der Waals surface area contributed by atoms with Gasteiger partial charge >= 0.3 is 0 Å². The Kier molecular flexibility index (Phi) is 6.68. The average molecular weight is 219 g/mol. The third-order valence-electron chi connectivity index (χ3n) is 2.23. The lowest BCUT2D eigenvalue weighted by Crippen LogP contribution is -1.97. The second-order valence-corrected chi connectivity index (χ2v) is 3.53. The molecule has 1 rings (SSSR count). The van der Waals surface area contributed by atoms with E-state index in [0.29, 0.717) is 6.54 Å². The van der Waals surface area contributed by atoms with Gasteiger partial charge in [-0.25, -0.2) is 0 Å². The van der Waals surface area contributed by atoms with E-state index in [2.05, 4.69) is 10.0 Å². The van der Waals surface area contributed by atoms with Gasteiger partial charge in [0.05, 0.1) is 6.61 Å². The molecule has 1 aromatic rings.